The van der Waals surface area contributed by atoms with Crippen LogP contribution in [0.1, 0.15) is 11.3 Å². The van der Waals surface area contributed by atoms with E-state index in [-0.39, 0.29) is 0 Å². The molecule has 0 amide bonds. The van der Waals surface area contributed by atoms with Gasteiger partial charge in [0.1, 0.15) is 5.75 Å². The van der Waals surface area contributed by atoms with Crippen LogP contribution in [0.25, 0.3) is 10.8 Å². The van der Waals surface area contributed by atoms with Crippen LogP contribution in [-0.2, 0) is 20.1 Å². The molecule has 0 saturated carbocycles. The van der Waals surface area contributed by atoms with Crippen LogP contribution in [0.15, 0.2) is 48.7 Å². The Hall–Kier alpha value is -2.33. The summed E-state index contributed by atoms with van der Waals surface area (Å²) in [6.07, 6.45) is 1.78. The molecular formula is C16H17N3O. The molecule has 0 aliphatic rings. The lowest BCUT2D eigenvalue weighted by Gasteiger charge is -2.10. The van der Waals surface area contributed by atoms with Crippen molar-refractivity contribution >= 4 is 10.8 Å². The molecule has 4 heteroatoms. The van der Waals surface area contributed by atoms with Crippen molar-refractivity contribution in [1.29, 1.82) is 0 Å². The van der Waals surface area contributed by atoms with Crippen molar-refractivity contribution in [3.8, 4) is 5.75 Å². The summed E-state index contributed by atoms with van der Waals surface area (Å²) in [6, 6.07) is 13.8. The van der Waals surface area contributed by atoms with Crippen LogP contribution < -0.4 is 5.32 Å². The normalized spacial score (nSPS) is 11.1. The average Bonchev–Trinajstić information content (AvgIpc) is 2.87. The van der Waals surface area contributed by atoms with E-state index in [1.165, 1.54) is 0 Å². The van der Waals surface area contributed by atoms with E-state index in [1.54, 1.807) is 12.3 Å². The van der Waals surface area contributed by atoms with Crippen LogP contribution >= 0.6 is 0 Å². The van der Waals surface area contributed by atoms with E-state index in [1.807, 2.05) is 42.1 Å². The molecule has 0 spiro atoms. The lowest BCUT2D eigenvalue weighted by atomic mass is 10.0. The van der Waals surface area contributed by atoms with Crippen molar-refractivity contribution < 1.29 is 5.11 Å². The first-order valence-corrected chi connectivity index (χ1v) is 6.63. The highest BCUT2D eigenvalue weighted by Gasteiger charge is 2.06. The van der Waals surface area contributed by atoms with Gasteiger partial charge in [-0.25, -0.2) is 0 Å². The number of phenols is 1. The molecule has 4 nitrogen and oxygen atoms in total. The Morgan fingerprint density at radius 3 is 2.75 bits per heavy atom. The highest BCUT2D eigenvalue weighted by molar-refractivity contribution is 5.87. The minimum absolute atomic E-state index is 0.334. The fourth-order valence-corrected chi connectivity index (χ4v) is 2.40. The van der Waals surface area contributed by atoms with Gasteiger partial charge in [-0.3, -0.25) is 4.68 Å². The first kappa shape index (κ1) is 12.7. The topological polar surface area (TPSA) is 50.1 Å². The molecule has 20 heavy (non-hydrogen) atoms. The second-order valence-electron chi connectivity index (χ2n) is 4.83. The fraction of sp³-hybridized carbons (Fsp3) is 0.188. The first-order valence-electron chi connectivity index (χ1n) is 6.63. The van der Waals surface area contributed by atoms with Gasteiger partial charge in [0, 0.05) is 31.9 Å². The summed E-state index contributed by atoms with van der Waals surface area (Å²) >= 11 is 0. The molecule has 102 valence electrons. The number of benzene rings is 2. The molecule has 0 saturated heterocycles. The van der Waals surface area contributed by atoms with Crippen LogP contribution in [0.2, 0.25) is 0 Å². The van der Waals surface area contributed by atoms with E-state index >= 15 is 0 Å². The number of nitrogens with one attached hydrogen (secondary N) is 1. The van der Waals surface area contributed by atoms with E-state index in [4.69, 9.17) is 0 Å². The van der Waals surface area contributed by atoms with Gasteiger partial charge in [0.2, 0.25) is 0 Å². The zero-order valence-corrected chi connectivity index (χ0v) is 11.4. The molecule has 1 heterocycles. The minimum atomic E-state index is 0.334. The molecular weight excluding hydrogens is 250 g/mol. The molecule has 0 aliphatic heterocycles. The van der Waals surface area contributed by atoms with Gasteiger partial charge < -0.3 is 10.4 Å². The first-order chi connectivity index (χ1) is 9.75. The van der Waals surface area contributed by atoms with Gasteiger partial charge in [0.05, 0.1) is 5.69 Å². The lowest BCUT2D eigenvalue weighted by Crippen LogP contribution is -2.15. The Bertz CT molecular complexity index is 733. The SMILES string of the molecule is Cn1nccc1CNCc1c(O)ccc2ccccc12. The molecule has 3 aromatic rings. The number of aromatic nitrogens is 2. The summed E-state index contributed by atoms with van der Waals surface area (Å²) < 4.78 is 1.84. The highest BCUT2D eigenvalue weighted by atomic mass is 16.3. The zero-order chi connectivity index (χ0) is 13.9. The maximum atomic E-state index is 10.1. The van der Waals surface area contributed by atoms with Crippen molar-refractivity contribution in [2.24, 2.45) is 7.05 Å². The average molecular weight is 267 g/mol. The standard InChI is InChI=1S/C16H17N3O/c1-19-13(8-9-18-19)10-17-11-15-14-5-3-2-4-12(14)6-7-16(15)20/h2-9,17,20H,10-11H2,1H3. The molecule has 0 fully saturated rings. The molecule has 0 aliphatic carbocycles. The van der Waals surface area contributed by atoms with E-state index in [0.29, 0.717) is 12.3 Å². The predicted molar refractivity (Wildman–Crippen MR) is 79.4 cm³/mol. The van der Waals surface area contributed by atoms with E-state index in [0.717, 1.165) is 28.6 Å². The lowest BCUT2D eigenvalue weighted by molar-refractivity contribution is 0.465. The zero-order valence-electron chi connectivity index (χ0n) is 11.4. The Balaban J connectivity index is 1.80. The second-order valence-corrected chi connectivity index (χ2v) is 4.83. The van der Waals surface area contributed by atoms with E-state index in [2.05, 4.69) is 16.5 Å². The maximum absolute atomic E-state index is 10.1. The monoisotopic (exact) mass is 267 g/mol. The third kappa shape index (κ3) is 2.38. The van der Waals surface area contributed by atoms with Crippen LogP contribution in [-0.4, -0.2) is 14.9 Å². The summed E-state index contributed by atoms with van der Waals surface area (Å²) in [5.74, 6) is 0.334. The molecule has 2 N–H and O–H groups in total. The summed E-state index contributed by atoms with van der Waals surface area (Å²) in [4.78, 5) is 0. The molecule has 0 radical (unpaired) electrons. The molecule has 0 unspecified atom stereocenters. The quantitative estimate of drug-likeness (QED) is 0.764. The number of fused-ring (bicyclic) bond motifs is 1. The summed E-state index contributed by atoms with van der Waals surface area (Å²) in [5.41, 5.74) is 2.05. The van der Waals surface area contributed by atoms with Gasteiger partial charge in [-0.05, 0) is 22.9 Å². The second kappa shape index (κ2) is 5.35. The summed E-state index contributed by atoms with van der Waals surface area (Å²) in [6.45, 7) is 1.34. The molecule has 3 rings (SSSR count). The summed E-state index contributed by atoms with van der Waals surface area (Å²) in [7, 11) is 1.92. The van der Waals surface area contributed by atoms with Gasteiger partial charge in [0.15, 0.2) is 0 Å². The van der Waals surface area contributed by atoms with Crippen molar-refractivity contribution in [2.45, 2.75) is 13.1 Å². The van der Waals surface area contributed by atoms with Crippen molar-refractivity contribution in [3.63, 3.8) is 0 Å². The molecule has 2 aromatic carbocycles. The number of aryl methyl sites for hydroxylation is 1. The smallest absolute Gasteiger partial charge is 0.120 e. The Morgan fingerprint density at radius 1 is 1.10 bits per heavy atom. The van der Waals surface area contributed by atoms with Gasteiger partial charge in [0.25, 0.3) is 0 Å². The number of nitrogens with zero attached hydrogens (tertiary/aromatic N) is 2. The van der Waals surface area contributed by atoms with Crippen molar-refractivity contribution in [2.75, 3.05) is 0 Å². The maximum Gasteiger partial charge on any atom is 0.120 e. The van der Waals surface area contributed by atoms with Gasteiger partial charge >= 0.3 is 0 Å². The third-order valence-corrected chi connectivity index (χ3v) is 3.55. The van der Waals surface area contributed by atoms with Crippen LogP contribution in [0.4, 0.5) is 0 Å². The number of aromatic hydroxyl groups is 1. The largest absolute Gasteiger partial charge is 0.508 e. The van der Waals surface area contributed by atoms with Gasteiger partial charge in [-0.2, -0.15) is 5.10 Å². The fourth-order valence-electron chi connectivity index (χ4n) is 2.40. The van der Waals surface area contributed by atoms with E-state index < -0.39 is 0 Å². The number of phenolic OH excluding ortho intramolecular Hbond substituents is 1. The van der Waals surface area contributed by atoms with Crippen molar-refractivity contribution in [1.82, 2.24) is 15.1 Å². The van der Waals surface area contributed by atoms with Crippen molar-refractivity contribution in [3.05, 3.63) is 59.9 Å². The number of hydrogen-bond donors (Lipinski definition) is 2. The molecule has 1 aromatic heterocycles. The van der Waals surface area contributed by atoms with Gasteiger partial charge in [-0.15, -0.1) is 0 Å². The van der Waals surface area contributed by atoms with Crippen LogP contribution in [0.3, 0.4) is 0 Å². The Kier molecular flexibility index (Phi) is 3.39. The highest BCUT2D eigenvalue weighted by Crippen LogP contribution is 2.26. The van der Waals surface area contributed by atoms with Gasteiger partial charge in [-0.1, -0.05) is 30.3 Å². The van der Waals surface area contributed by atoms with Crippen LogP contribution in [0, 0.1) is 0 Å². The number of hydrogen-bond acceptors (Lipinski definition) is 3. The Morgan fingerprint density at radius 2 is 1.95 bits per heavy atom. The Labute approximate surface area is 117 Å². The van der Waals surface area contributed by atoms with E-state index in [9.17, 15) is 5.11 Å². The minimum Gasteiger partial charge on any atom is -0.508 e. The number of rotatable bonds is 4. The summed E-state index contributed by atoms with van der Waals surface area (Å²) in [5, 5.41) is 19.8. The molecule has 0 atom stereocenters. The molecule has 0 bridgehead atoms. The third-order valence-electron chi connectivity index (χ3n) is 3.55. The predicted octanol–water partition coefficient (Wildman–Crippen LogP) is 2.57. The van der Waals surface area contributed by atoms with Crippen LogP contribution in [0.5, 0.6) is 5.75 Å².